The molecule has 0 aliphatic carbocycles. The molecule has 0 aliphatic rings. The van der Waals surface area contributed by atoms with Crippen LogP contribution >= 0.6 is 0 Å². The number of aromatic hydroxyl groups is 2. The normalized spacial score (nSPS) is 10.6. The van der Waals surface area contributed by atoms with Gasteiger partial charge in [-0.15, -0.1) is 10.2 Å². The molecule has 0 saturated heterocycles. The maximum absolute atomic E-state index is 13.3. The second-order valence-corrected chi connectivity index (χ2v) is 6.97. The number of aromatic nitrogens is 2. The van der Waals surface area contributed by atoms with E-state index in [1.54, 1.807) is 17.0 Å². The van der Waals surface area contributed by atoms with E-state index >= 15 is 0 Å². The van der Waals surface area contributed by atoms with E-state index in [2.05, 4.69) is 10.2 Å². The average molecular weight is 412 g/mol. The van der Waals surface area contributed by atoms with E-state index in [0.717, 1.165) is 17.2 Å². The lowest BCUT2D eigenvalue weighted by molar-refractivity contribution is 0.0982. The van der Waals surface area contributed by atoms with Crippen molar-refractivity contribution in [3.8, 4) is 22.8 Å². The first-order valence-electron chi connectivity index (χ1n) is 9.58. The van der Waals surface area contributed by atoms with Gasteiger partial charge in [0.15, 0.2) is 0 Å². The summed E-state index contributed by atoms with van der Waals surface area (Å²) in [7, 11) is 0. The summed E-state index contributed by atoms with van der Waals surface area (Å²) in [4.78, 5) is 14.9. The van der Waals surface area contributed by atoms with Crippen molar-refractivity contribution in [2.45, 2.75) is 6.54 Å². The fourth-order valence-electron chi connectivity index (χ4n) is 3.20. The van der Waals surface area contributed by atoms with Crippen molar-refractivity contribution < 1.29 is 15.0 Å². The minimum absolute atomic E-state index is 0.0993. The van der Waals surface area contributed by atoms with Crippen molar-refractivity contribution in [1.82, 2.24) is 10.2 Å². The molecular formula is C24H20N4O3. The lowest BCUT2D eigenvalue weighted by Gasteiger charge is -2.24. The first-order valence-corrected chi connectivity index (χ1v) is 9.58. The Morgan fingerprint density at radius 3 is 2.26 bits per heavy atom. The van der Waals surface area contributed by atoms with Gasteiger partial charge < -0.3 is 20.8 Å². The summed E-state index contributed by atoms with van der Waals surface area (Å²) in [6, 6.07) is 24.3. The van der Waals surface area contributed by atoms with Crippen LogP contribution in [0.5, 0.6) is 11.5 Å². The number of hydrogen-bond donors (Lipinski definition) is 3. The minimum Gasteiger partial charge on any atom is -0.508 e. The Labute approximate surface area is 179 Å². The molecule has 7 nitrogen and oxygen atoms in total. The monoisotopic (exact) mass is 412 g/mol. The fourth-order valence-corrected chi connectivity index (χ4v) is 3.20. The summed E-state index contributed by atoms with van der Waals surface area (Å²) in [5.41, 5.74) is 8.77. The van der Waals surface area contributed by atoms with Gasteiger partial charge in [-0.2, -0.15) is 0 Å². The van der Waals surface area contributed by atoms with Gasteiger partial charge in [-0.1, -0.05) is 42.5 Å². The van der Waals surface area contributed by atoms with Crippen molar-refractivity contribution in [3.63, 3.8) is 0 Å². The Morgan fingerprint density at radius 2 is 1.61 bits per heavy atom. The zero-order valence-electron chi connectivity index (χ0n) is 16.5. The number of nitrogens with two attached hydrogens (primary N) is 1. The van der Waals surface area contributed by atoms with Gasteiger partial charge in [0.2, 0.25) is 0 Å². The molecule has 0 spiro atoms. The number of phenolic OH excluding ortho intramolecular Hbond substituents is 2. The molecule has 0 radical (unpaired) electrons. The number of nitrogen functional groups attached to an aromatic ring is 1. The van der Waals surface area contributed by atoms with E-state index in [1.165, 1.54) is 12.1 Å². The van der Waals surface area contributed by atoms with Crippen LogP contribution in [0.4, 0.5) is 11.5 Å². The highest BCUT2D eigenvalue weighted by Gasteiger charge is 2.21. The topological polar surface area (TPSA) is 113 Å². The standard InChI is InChI=1S/C24H20N4O3/c25-23-13-12-21(26-27-23)17-6-8-18(9-7-17)28(15-16-4-2-1-3-5-16)24(31)20-11-10-19(29)14-22(20)30/h1-14,29-30H,15H2,(H2,25,27). The number of anilines is 2. The molecule has 4 rings (SSSR count). The van der Waals surface area contributed by atoms with Gasteiger partial charge >= 0.3 is 0 Å². The summed E-state index contributed by atoms with van der Waals surface area (Å²) in [6.45, 7) is 0.307. The molecule has 1 amide bonds. The van der Waals surface area contributed by atoms with Crippen molar-refractivity contribution in [2.24, 2.45) is 0 Å². The zero-order valence-corrected chi connectivity index (χ0v) is 16.5. The Bertz CT molecular complexity index is 1190. The second-order valence-electron chi connectivity index (χ2n) is 6.97. The third-order valence-electron chi connectivity index (χ3n) is 4.80. The number of benzene rings is 3. The van der Waals surface area contributed by atoms with E-state index < -0.39 is 0 Å². The molecule has 4 aromatic rings. The first-order chi connectivity index (χ1) is 15.0. The molecule has 4 N–H and O–H groups in total. The largest absolute Gasteiger partial charge is 0.508 e. The first kappa shape index (κ1) is 19.9. The van der Waals surface area contributed by atoms with E-state index in [-0.39, 0.29) is 23.0 Å². The lowest BCUT2D eigenvalue weighted by Crippen LogP contribution is -2.30. The number of phenols is 2. The number of carbonyl (C=O) groups is 1. The summed E-state index contributed by atoms with van der Waals surface area (Å²) < 4.78 is 0. The maximum atomic E-state index is 13.3. The van der Waals surface area contributed by atoms with Gasteiger partial charge in [0.05, 0.1) is 17.8 Å². The highest BCUT2D eigenvalue weighted by molar-refractivity contribution is 6.08. The van der Waals surface area contributed by atoms with Crippen LogP contribution in [0.1, 0.15) is 15.9 Å². The van der Waals surface area contributed by atoms with Gasteiger partial charge in [-0.25, -0.2) is 0 Å². The summed E-state index contributed by atoms with van der Waals surface area (Å²) >= 11 is 0. The maximum Gasteiger partial charge on any atom is 0.262 e. The summed E-state index contributed by atoms with van der Waals surface area (Å²) in [6.07, 6.45) is 0. The number of nitrogens with zero attached hydrogens (tertiary/aromatic N) is 3. The van der Waals surface area contributed by atoms with Crippen LogP contribution in [0, 0.1) is 0 Å². The van der Waals surface area contributed by atoms with E-state index in [0.29, 0.717) is 23.7 Å². The Balaban J connectivity index is 1.69. The molecule has 0 unspecified atom stereocenters. The van der Waals surface area contributed by atoms with Crippen molar-refractivity contribution >= 4 is 17.4 Å². The molecule has 7 heteroatoms. The van der Waals surface area contributed by atoms with Crippen molar-refractivity contribution in [1.29, 1.82) is 0 Å². The summed E-state index contributed by atoms with van der Waals surface area (Å²) in [5, 5.41) is 27.7. The molecule has 154 valence electrons. The minimum atomic E-state index is -0.388. The van der Waals surface area contributed by atoms with Gasteiger partial charge in [-0.3, -0.25) is 4.79 Å². The molecule has 0 aliphatic heterocycles. The molecule has 1 aromatic heterocycles. The van der Waals surface area contributed by atoms with Gasteiger partial charge in [-0.05, 0) is 42.0 Å². The molecule has 1 heterocycles. The highest BCUT2D eigenvalue weighted by atomic mass is 16.3. The van der Waals surface area contributed by atoms with Gasteiger partial charge in [0.1, 0.15) is 17.3 Å². The smallest absolute Gasteiger partial charge is 0.262 e. The molecule has 0 atom stereocenters. The van der Waals surface area contributed by atoms with Gasteiger partial charge in [0.25, 0.3) is 5.91 Å². The van der Waals surface area contributed by atoms with E-state index in [9.17, 15) is 15.0 Å². The van der Waals surface area contributed by atoms with Crippen LogP contribution in [0.3, 0.4) is 0 Å². The molecule has 0 saturated carbocycles. The second kappa shape index (κ2) is 8.54. The predicted octanol–water partition coefficient (Wildman–Crippen LogP) is 3.98. The number of hydrogen-bond acceptors (Lipinski definition) is 6. The SMILES string of the molecule is Nc1ccc(-c2ccc(N(Cc3ccccc3)C(=O)c3ccc(O)cc3O)cc2)nn1. The van der Waals surface area contributed by atoms with Crippen LogP contribution in [0.25, 0.3) is 11.3 Å². The van der Waals surface area contributed by atoms with Crippen LogP contribution in [0.15, 0.2) is 84.9 Å². The van der Waals surface area contributed by atoms with Crippen molar-refractivity contribution in [2.75, 3.05) is 10.6 Å². The average Bonchev–Trinajstić information content (AvgIpc) is 2.78. The van der Waals surface area contributed by atoms with Crippen LogP contribution in [0.2, 0.25) is 0 Å². The number of rotatable bonds is 5. The zero-order chi connectivity index (χ0) is 21.8. The third-order valence-corrected chi connectivity index (χ3v) is 4.80. The highest BCUT2D eigenvalue weighted by Crippen LogP contribution is 2.28. The molecule has 3 aromatic carbocycles. The molecule has 0 fully saturated rings. The quantitative estimate of drug-likeness (QED) is 0.457. The molecular weight excluding hydrogens is 392 g/mol. The number of amides is 1. The third kappa shape index (κ3) is 4.45. The van der Waals surface area contributed by atoms with Crippen molar-refractivity contribution in [3.05, 3.63) is 96.1 Å². The molecule has 0 bridgehead atoms. The lowest BCUT2D eigenvalue weighted by atomic mass is 10.1. The van der Waals surface area contributed by atoms with Crippen LogP contribution < -0.4 is 10.6 Å². The van der Waals surface area contributed by atoms with E-state index in [4.69, 9.17) is 5.73 Å². The van der Waals surface area contributed by atoms with Crippen LogP contribution in [-0.2, 0) is 6.54 Å². The molecule has 31 heavy (non-hydrogen) atoms. The van der Waals surface area contributed by atoms with Crippen LogP contribution in [-0.4, -0.2) is 26.3 Å². The Morgan fingerprint density at radius 1 is 0.871 bits per heavy atom. The Kier molecular flexibility index (Phi) is 5.49. The number of carbonyl (C=O) groups excluding carboxylic acids is 1. The fraction of sp³-hybridized carbons (Fsp3) is 0.0417. The Hall–Kier alpha value is -4.39. The predicted molar refractivity (Wildman–Crippen MR) is 119 cm³/mol. The van der Waals surface area contributed by atoms with E-state index in [1.807, 2.05) is 54.6 Å². The summed E-state index contributed by atoms with van der Waals surface area (Å²) in [5.74, 6) is -0.440. The van der Waals surface area contributed by atoms with Gasteiger partial charge in [0, 0.05) is 17.3 Å².